The highest BCUT2D eigenvalue weighted by Gasteiger charge is 2.40. The Morgan fingerprint density at radius 3 is 2.87 bits per heavy atom. The van der Waals surface area contributed by atoms with Crippen LogP contribution >= 0.6 is 0 Å². The second-order valence-corrected chi connectivity index (χ2v) is 8.29. The molecule has 0 radical (unpaired) electrons. The molecule has 2 heterocycles. The number of anilines is 1. The van der Waals surface area contributed by atoms with Crippen molar-refractivity contribution in [2.45, 2.75) is 25.4 Å². The van der Waals surface area contributed by atoms with Crippen LogP contribution in [0.3, 0.4) is 0 Å². The van der Waals surface area contributed by atoms with Crippen LogP contribution < -0.4 is 5.32 Å². The monoisotopic (exact) mass is 341 g/mol. The lowest BCUT2D eigenvalue weighted by molar-refractivity contribution is 0.328. The van der Waals surface area contributed by atoms with Gasteiger partial charge in [0.15, 0.2) is 9.84 Å². The molecule has 1 aromatic carbocycles. The number of nitrogens with zero attached hydrogens (tertiary/aromatic N) is 2. The maximum atomic E-state index is 13.6. The second kappa shape index (κ2) is 5.59. The third-order valence-corrected chi connectivity index (χ3v) is 5.97. The summed E-state index contributed by atoms with van der Waals surface area (Å²) in [6.45, 7) is 2.12. The van der Waals surface area contributed by atoms with Crippen molar-refractivity contribution in [3.05, 3.63) is 47.8 Å². The first-order chi connectivity index (χ1) is 10.8. The summed E-state index contributed by atoms with van der Waals surface area (Å²) < 4.78 is 51.7. The zero-order valence-corrected chi connectivity index (χ0v) is 13.4. The fourth-order valence-electron chi connectivity index (χ4n) is 2.75. The molecular weight excluding hydrogens is 324 g/mol. The van der Waals surface area contributed by atoms with E-state index < -0.39 is 27.0 Å². The van der Waals surface area contributed by atoms with Gasteiger partial charge in [-0.3, -0.25) is 4.68 Å². The summed E-state index contributed by atoms with van der Waals surface area (Å²) in [6.07, 6.45) is 3.85. The van der Waals surface area contributed by atoms with Crippen molar-refractivity contribution >= 4 is 15.5 Å². The average molecular weight is 341 g/mol. The minimum Gasteiger partial charge on any atom is -0.378 e. The third kappa shape index (κ3) is 3.36. The maximum absolute atomic E-state index is 13.6. The Labute approximate surface area is 133 Å². The van der Waals surface area contributed by atoms with E-state index in [1.54, 1.807) is 17.1 Å². The maximum Gasteiger partial charge on any atom is 0.152 e. The summed E-state index contributed by atoms with van der Waals surface area (Å²) in [6, 6.07) is 3.20. The van der Waals surface area contributed by atoms with Crippen molar-refractivity contribution in [1.29, 1.82) is 0 Å². The highest BCUT2D eigenvalue weighted by molar-refractivity contribution is 7.91. The molecule has 5 nitrogen and oxygen atoms in total. The average Bonchev–Trinajstić information content (AvgIpc) is 3.05. The molecule has 1 fully saturated rings. The van der Waals surface area contributed by atoms with E-state index >= 15 is 0 Å². The van der Waals surface area contributed by atoms with Gasteiger partial charge in [0, 0.05) is 18.3 Å². The van der Waals surface area contributed by atoms with E-state index in [-0.39, 0.29) is 23.7 Å². The van der Waals surface area contributed by atoms with Gasteiger partial charge in [-0.1, -0.05) is 0 Å². The van der Waals surface area contributed by atoms with E-state index in [2.05, 4.69) is 10.4 Å². The van der Waals surface area contributed by atoms with Gasteiger partial charge in [0.25, 0.3) is 0 Å². The van der Waals surface area contributed by atoms with Crippen LogP contribution in [0.2, 0.25) is 0 Å². The lowest BCUT2D eigenvalue weighted by Crippen LogP contribution is -2.31. The van der Waals surface area contributed by atoms with Crippen LogP contribution in [-0.2, 0) is 21.9 Å². The van der Waals surface area contributed by atoms with Gasteiger partial charge in [-0.25, -0.2) is 17.2 Å². The molecule has 8 heteroatoms. The number of nitrogens with one attached hydrogen (secondary N) is 1. The number of benzene rings is 1. The van der Waals surface area contributed by atoms with E-state index in [0.29, 0.717) is 6.42 Å². The summed E-state index contributed by atoms with van der Waals surface area (Å²) in [4.78, 5) is 0. The predicted octanol–water partition coefficient (Wildman–Crippen LogP) is 2.31. The van der Waals surface area contributed by atoms with Crippen LogP contribution in [0.4, 0.5) is 14.5 Å². The zero-order valence-electron chi connectivity index (χ0n) is 12.6. The van der Waals surface area contributed by atoms with Gasteiger partial charge in [0.1, 0.15) is 11.6 Å². The number of hydrogen-bond acceptors (Lipinski definition) is 4. The molecule has 0 amide bonds. The molecule has 124 valence electrons. The first kappa shape index (κ1) is 15.9. The summed E-state index contributed by atoms with van der Waals surface area (Å²) >= 11 is 0. The van der Waals surface area contributed by atoms with Gasteiger partial charge >= 0.3 is 0 Å². The molecular formula is C15H17F2N3O2S. The van der Waals surface area contributed by atoms with Crippen molar-refractivity contribution in [3.8, 4) is 0 Å². The van der Waals surface area contributed by atoms with Gasteiger partial charge in [-0.05, 0) is 31.5 Å². The molecule has 1 atom stereocenters. The molecule has 0 bridgehead atoms. The zero-order chi connectivity index (χ0) is 16.7. The van der Waals surface area contributed by atoms with Gasteiger partial charge in [0.2, 0.25) is 0 Å². The SMILES string of the molecule is C[C@@]1(n2cc(CNc3cc(F)ccc3F)cn2)CCS(=O)(=O)C1. The van der Waals surface area contributed by atoms with E-state index in [4.69, 9.17) is 0 Å². The summed E-state index contributed by atoms with van der Waals surface area (Å²) in [5, 5.41) is 7.05. The molecule has 0 aliphatic carbocycles. The number of hydrogen-bond donors (Lipinski definition) is 1. The molecule has 1 aliphatic rings. The summed E-state index contributed by atoms with van der Waals surface area (Å²) in [5.74, 6) is -0.834. The lowest BCUT2D eigenvalue weighted by Gasteiger charge is -2.22. The lowest BCUT2D eigenvalue weighted by atomic mass is 10.0. The molecule has 0 unspecified atom stereocenters. The topological polar surface area (TPSA) is 64.0 Å². The van der Waals surface area contributed by atoms with Crippen LogP contribution in [0.25, 0.3) is 0 Å². The predicted molar refractivity (Wildman–Crippen MR) is 82.8 cm³/mol. The minimum atomic E-state index is -3.03. The van der Waals surface area contributed by atoms with Gasteiger partial charge in [-0.15, -0.1) is 0 Å². The van der Waals surface area contributed by atoms with Crippen LogP contribution in [0.5, 0.6) is 0 Å². The Morgan fingerprint density at radius 2 is 2.17 bits per heavy atom. The number of sulfone groups is 1. The van der Waals surface area contributed by atoms with E-state index in [1.165, 1.54) is 0 Å². The molecule has 23 heavy (non-hydrogen) atoms. The smallest absolute Gasteiger partial charge is 0.152 e. The van der Waals surface area contributed by atoms with Gasteiger partial charge in [-0.2, -0.15) is 5.10 Å². The fraction of sp³-hybridized carbons (Fsp3) is 0.400. The minimum absolute atomic E-state index is 0.0626. The second-order valence-electron chi connectivity index (χ2n) is 6.11. The van der Waals surface area contributed by atoms with Gasteiger partial charge < -0.3 is 5.32 Å². The van der Waals surface area contributed by atoms with Crippen LogP contribution in [0, 0.1) is 11.6 Å². The Kier molecular flexibility index (Phi) is 3.87. The van der Waals surface area contributed by atoms with Crippen LogP contribution in [0.1, 0.15) is 18.9 Å². The molecule has 1 aromatic heterocycles. The highest BCUT2D eigenvalue weighted by Crippen LogP contribution is 2.30. The quantitative estimate of drug-likeness (QED) is 0.927. The molecule has 3 rings (SSSR count). The number of aromatic nitrogens is 2. The first-order valence-electron chi connectivity index (χ1n) is 7.21. The third-order valence-electron chi connectivity index (χ3n) is 4.08. The highest BCUT2D eigenvalue weighted by atomic mass is 32.2. The van der Waals surface area contributed by atoms with Crippen molar-refractivity contribution in [2.75, 3.05) is 16.8 Å². The van der Waals surface area contributed by atoms with Crippen molar-refractivity contribution in [2.24, 2.45) is 0 Å². The Morgan fingerprint density at radius 1 is 1.39 bits per heavy atom. The molecule has 1 saturated heterocycles. The van der Waals surface area contributed by atoms with Crippen molar-refractivity contribution in [1.82, 2.24) is 9.78 Å². The van der Waals surface area contributed by atoms with Crippen LogP contribution in [0.15, 0.2) is 30.6 Å². The van der Waals surface area contributed by atoms with Crippen molar-refractivity contribution < 1.29 is 17.2 Å². The molecule has 0 saturated carbocycles. The summed E-state index contributed by atoms with van der Waals surface area (Å²) in [5.41, 5.74) is 0.285. The largest absolute Gasteiger partial charge is 0.378 e. The first-order valence-corrected chi connectivity index (χ1v) is 9.03. The molecule has 0 spiro atoms. The Bertz CT molecular complexity index is 835. The molecule has 2 aromatic rings. The normalized spacial score (nSPS) is 23.1. The summed E-state index contributed by atoms with van der Waals surface area (Å²) in [7, 11) is -3.03. The Hall–Kier alpha value is -1.96. The van der Waals surface area contributed by atoms with Crippen molar-refractivity contribution in [3.63, 3.8) is 0 Å². The molecule has 1 N–H and O–H groups in total. The van der Waals surface area contributed by atoms with Gasteiger partial charge in [0.05, 0.1) is 28.9 Å². The number of halogens is 2. The fourth-order valence-corrected chi connectivity index (χ4v) is 4.87. The van der Waals surface area contributed by atoms with Crippen LogP contribution in [-0.4, -0.2) is 29.7 Å². The standard InChI is InChI=1S/C15H17F2N3O2S/c1-15(4-5-23(21,22)10-15)20-9-11(8-19-20)7-18-14-6-12(16)2-3-13(14)17/h2-3,6,8-9,18H,4-5,7,10H2,1H3/t15-/m1/s1. The van der Waals surface area contributed by atoms with E-state index in [9.17, 15) is 17.2 Å². The Balaban J connectivity index is 1.72. The number of rotatable bonds is 4. The van der Waals surface area contributed by atoms with E-state index in [0.717, 1.165) is 23.8 Å². The van der Waals surface area contributed by atoms with E-state index in [1.807, 2.05) is 6.92 Å². The molecule has 1 aliphatic heterocycles.